The first kappa shape index (κ1) is 19.7. The molecule has 27 heavy (non-hydrogen) atoms. The number of thiazole rings is 1. The molecule has 10 heteroatoms. The first-order chi connectivity index (χ1) is 12.7. The zero-order valence-electron chi connectivity index (χ0n) is 15.5. The van der Waals surface area contributed by atoms with E-state index in [0.29, 0.717) is 31.3 Å². The molecule has 1 fully saturated rings. The van der Waals surface area contributed by atoms with E-state index in [9.17, 15) is 13.2 Å². The molecular formula is C17H22N4O4S2. The molecule has 0 aliphatic carbocycles. The average molecular weight is 411 g/mol. The lowest BCUT2D eigenvalue weighted by Gasteiger charge is -2.34. The van der Waals surface area contributed by atoms with Gasteiger partial charge in [0.25, 0.3) is 0 Å². The number of pyridine rings is 1. The van der Waals surface area contributed by atoms with Crippen molar-refractivity contribution in [2.24, 2.45) is 5.41 Å². The Balaban J connectivity index is 1.64. The highest BCUT2D eigenvalue weighted by atomic mass is 32.2. The van der Waals surface area contributed by atoms with Crippen LogP contribution in [0.25, 0.3) is 0 Å². The Morgan fingerprint density at radius 1 is 1.15 bits per heavy atom. The average Bonchev–Trinajstić information content (AvgIpc) is 3.13. The Labute approximate surface area is 162 Å². The highest BCUT2D eigenvalue weighted by Gasteiger charge is 2.29. The number of hydrogen-bond acceptors (Lipinski definition) is 9. The molecule has 1 saturated heterocycles. The summed E-state index contributed by atoms with van der Waals surface area (Å²) in [6.45, 7) is 7.70. The molecule has 0 unspecified atom stereocenters. The minimum atomic E-state index is -3.59. The summed E-state index contributed by atoms with van der Waals surface area (Å²) in [5.74, 6) is -0.268. The van der Waals surface area contributed by atoms with E-state index in [1.807, 2.05) is 25.7 Å². The van der Waals surface area contributed by atoms with E-state index in [2.05, 4.69) is 9.97 Å². The summed E-state index contributed by atoms with van der Waals surface area (Å²) in [6, 6.07) is 2.94. The van der Waals surface area contributed by atoms with Gasteiger partial charge in [-0.05, 0) is 32.9 Å². The summed E-state index contributed by atoms with van der Waals surface area (Å²) in [5, 5.41) is 2.29. The molecule has 1 aliphatic heterocycles. The quantitative estimate of drug-likeness (QED) is 0.756. The number of carbonyl (C=O) groups is 1. The Morgan fingerprint density at radius 2 is 1.78 bits per heavy atom. The van der Waals surface area contributed by atoms with Gasteiger partial charge in [0.2, 0.25) is 9.84 Å². The van der Waals surface area contributed by atoms with Crippen molar-refractivity contribution in [1.82, 2.24) is 15.0 Å². The minimum Gasteiger partial charge on any atom is -0.367 e. The van der Waals surface area contributed by atoms with Gasteiger partial charge in [-0.15, -0.1) is 5.06 Å². The van der Waals surface area contributed by atoms with Crippen LogP contribution >= 0.6 is 11.3 Å². The Hall–Kier alpha value is -2.04. The minimum absolute atomic E-state index is 0.199. The first-order valence-electron chi connectivity index (χ1n) is 8.51. The molecule has 0 atom stereocenters. The number of piperazine rings is 1. The number of anilines is 1. The van der Waals surface area contributed by atoms with Crippen molar-refractivity contribution in [3.8, 4) is 0 Å². The van der Waals surface area contributed by atoms with Crippen LogP contribution in [0.2, 0.25) is 0 Å². The van der Waals surface area contributed by atoms with E-state index in [4.69, 9.17) is 4.84 Å². The molecule has 3 heterocycles. The largest absolute Gasteiger partial charge is 0.367 e. The number of hydroxylamine groups is 2. The molecule has 1 aliphatic rings. The van der Waals surface area contributed by atoms with Crippen LogP contribution < -0.4 is 4.90 Å². The van der Waals surface area contributed by atoms with Gasteiger partial charge in [0.05, 0.1) is 29.6 Å². The van der Waals surface area contributed by atoms with E-state index in [1.54, 1.807) is 5.06 Å². The summed E-state index contributed by atoms with van der Waals surface area (Å²) in [6.07, 6.45) is 4.29. The zero-order chi connectivity index (χ0) is 19.7. The standard InChI is InChI=1S/C17H22N4O4S2/c1-17(2,3)15(22)25-21-10-8-20(9-11-21)16-19-12-14(26-16)27(23,24)13-4-6-18-7-5-13/h4-7,12H,8-11H2,1-3H3. The summed E-state index contributed by atoms with van der Waals surface area (Å²) >= 11 is 1.14. The maximum atomic E-state index is 12.7. The lowest BCUT2D eigenvalue weighted by molar-refractivity contribution is -0.201. The second-order valence-electron chi connectivity index (χ2n) is 7.19. The molecule has 2 aromatic rings. The van der Waals surface area contributed by atoms with E-state index < -0.39 is 15.3 Å². The van der Waals surface area contributed by atoms with Gasteiger partial charge in [-0.25, -0.2) is 18.2 Å². The Bertz CT molecular complexity index is 899. The lowest BCUT2D eigenvalue weighted by Crippen LogP contribution is -2.48. The molecule has 0 saturated carbocycles. The van der Waals surface area contributed by atoms with Crippen LogP contribution in [0.1, 0.15) is 20.8 Å². The van der Waals surface area contributed by atoms with Crippen LogP contribution in [0.15, 0.2) is 39.8 Å². The number of sulfone groups is 1. The normalized spacial score (nSPS) is 16.3. The van der Waals surface area contributed by atoms with Gasteiger partial charge in [-0.1, -0.05) is 11.3 Å². The molecule has 3 rings (SSSR count). The van der Waals surface area contributed by atoms with Crippen LogP contribution in [0.4, 0.5) is 5.13 Å². The predicted molar refractivity (Wildman–Crippen MR) is 101 cm³/mol. The van der Waals surface area contributed by atoms with Crippen LogP contribution in [0, 0.1) is 5.41 Å². The van der Waals surface area contributed by atoms with Crippen molar-refractivity contribution < 1.29 is 18.0 Å². The Morgan fingerprint density at radius 3 is 2.37 bits per heavy atom. The summed E-state index contributed by atoms with van der Waals surface area (Å²) in [5.41, 5.74) is -0.553. The van der Waals surface area contributed by atoms with E-state index in [1.165, 1.54) is 30.7 Å². The number of hydrogen-bond donors (Lipinski definition) is 0. The third-order valence-electron chi connectivity index (χ3n) is 4.03. The van der Waals surface area contributed by atoms with Gasteiger partial charge in [0, 0.05) is 25.5 Å². The van der Waals surface area contributed by atoms with Gasteiger partial charge in [-0.2, -0.15) is 0 Å². The molecule has 8 nitrogen and oxygen atoms in total. The lowest BCUT2D eigenvalue weighted by atomic mass is 9.98. The number of nitrogens with zero attached hydrogens (tertiary/aromatic N) is 4. The van der Waals surface area contributed by atoms with Gasteiger partial charge < -0.3 is 9.74 Å². The van der Waals surface area contributed by atoms with Crippen LogP contribution in [-0.4, -0.2) is 55.6 Å². The van der Waals surface area contributed by atoms with Gasteiger partial charge in [0.15, 0.2) is 5.13 Å². The molecule has 0 radical (unpaired) electrons. The molecule has 0 N–H and O–H groups in total. The van der Waals surface area contributed by atoms with E-state index in [-0.39, 0.29) is 15.1 Å². The van der Waals surface area contributed by atoms with E-state index in [0.717, 1.165) is 11.3 Å². The SMILES string of the molecule is CC(C)(C)C(=O)ON1CCN(c2ncc(S(=O)(=O)c3ccncc3)s2)CC1. The van der Waals surface area contributed by atoms with Crippen molar-refractivity contribution in [2.75, 3.05) is 31.1 Å². The second kappa shape index (κ2) is 7.53. The fourth-order valence-corrected chi connectivity index (χ4v) is 4.94. The number of aromatic nitrogens is 2. The van der Waals surface area contributed by atoms with Gasteiger partial charge >= 0.3 is 5.97 Å². The fourth-order valence-electron chi connectivity index (χ4n) is 2.38. The summed E-state index contributed by atoms with van der Waals surface area (Å²) in [4.78, 5) is 27.7. The summed E-state index contributed by atoms with van der Waals surface area (Å²) < 4.78 is 25.5. The second-order valence-corrected chi connectivity index (χ2v) is 10.4. The fraction of sp³-hybridized carbons (Fsp3) is 0.471. The number of rotatable bonds is 4. The van der Waals surface area contributed by atoms with Crippen molar-refractivity contribution >= 4 is 32.3 Å². The third-order valence-corrected chi connectivity index (χ3v) is 7.32. The van der Waals surface area contributed by atoms with Crippen molar-refractivity contribution in [1.29, 1.82) is 0 Å². The maximum Gasteiger partial charge on any atom is 0.330 e. The Kier molecular flexibility index (Phi) is 5.50. The molecule has 0 spiro atoms. The maximum absolute atomic E-state index is 12.7. The number of carbonyl (C=O) groups excluding carboxylic acids is 1. The summed E-state index contributed by atoms with van der Waals surface area (Å²) in [7, 11) is -3.59. The molecule has 146 valence electrons. The van der Waals surface area contributed by atoms with Crippen LogP contribution in [-0.2, 0) is 19.5 Å². The molecule has 2 aromatic heterocycles. The van der Waals surface area contributed by atoms with Crippen molar-refractivity contribution in [3.05, 3.63) is 30.7 Å². The smallest absolute Gasteiger partial charge is 0.330 e. The molecule has 0 bridgehead atoms. The highest BCUT2D eigenvalue weighted by Crippen LogP contribution is 2.31. The highest BCUT2D eigenvalue weighted by molar-refractivity contribution is 7.93. The monoisotopic (exact) mass is 410 g/mol. The van der Waals surface area contributed by atoms with Gasteiger partial charge in [0.1, 0.15) is 4.21 Å². The van der Waals surface area contributed by atoms with Gasteiger partial charge in [-0.3, -0.25) is 4.98 Å². The van der Waals surface area contributed by atoms with Crippen LogP contribution in [0.5, 0.6) is 0 Å². The first-order valence-corrected chi connectivity index (χ1v) is 10.8. The van der Waals surface area contributed by atoms with Crippen molar-refractivity contribution in [2.45, 2.75) is 29.9 Å². The molecular weight excluding hydrogens is 388 g/mol. The third kappa shape index (κ3) is 4.45. The molecule has 0 amide bonds. The van der Waals surface area contributed by atoms with Crippen LogP contribution in [0.3, 0.4) is 0 Å². The van der Waals surface area contributed by atoms with E-state index >= 15 is 0 Å². The topological polar surface area (TPSA) is 92.7 Å². The molecule has 0 aromatic carbocycles. The zero-order valence-corrected chi connectivity index (χ0v) is 17.1. The van der Waals surface area contributed by atoms with Crippen molar-refractivity contribution in [3.63, 3.8) is 0 Å². The predicted octanol–water partition coefficient (Wildman–Crippen LogP) is 2.00.